The second-order valence-corrected chi connectivity index (χ2v) is 10.9. The smallest absolute Gasteiger partial charge is 0.208 e. The van der Waals surface area contributed by atoms with Crippen LogP contribution in [0.2, 0.25) is 0 Å². The first kappa shape index (κ1) is 18.8. The Morgan fingerprint density at radius 3 is 2.84 bits per heavy atom. The number of rotatable bonds is 10. The van der Waals surface area contributed by atoms with Crippen molar-refractivity contribution in [2.75, 3.05) is 23.9 Å². The monoisotopic (exact) mass is 418 g/mol. The van der Waals surface area contributed by atoms with Crippen molar-refractivity contribution in [3.63, 3.8) is 0 Å². The summed E-state index contributed by atoms with van der Waals surface area (Å²) in [6.07, 6.45) is 4.07. The van der Waals surface area contributed by atoms with Crippen LogP contribution in [0.5, 0.6) is 0 Å². The van der Waals surface area contributed by atoms with Gasteiger partial charge in [-0.1, -0.05) is 23.1 Å². The third-order valence-corrected chi connectivity index (χ3v) is 7.21. The van der Waals surface area contributed by atoms with E-state index in [0.29, 0.717) is 29.6 Å². The molecule has 1 aliphatic carbocycles. The van der Waals surface area contributed by atoms with E-state index >= 15 is 0 Å². The highest BCUT2D eigenvalue weighted by Crippen LogP contribution is 2.30. The molecule has 0 unspecified atom stereocenters. The fraction of sp³-hybridized carbons (Fsp3) is 0.500. The van der Waals surface area contributed by atoms with E-state index in [4.69, 9.17) is 0 Å². The molecule has 0 amide bonds. The zero-order chi connectivity index (χ0) is 17.9. The van der Waals surface area contributed by atoms with E-state index in [2.05, 4.69) is 20.2 Å². The molecule has 3 rings (SSSR count). The van der Waals surface area contributed by atoms with Gasteiger partial charge in [0.2, 0.25) is 15.2 Å². The molecule has 2 aromatic heterocycles. The van der Waals surface area contributed by atoms with Gasteiger partial charge in [-0.15, -0.1) is 21.5 Å². The van der Waals surface area contributed by atoms with Crippen molar-refractivity contribution < 1.29 is 13.2 Å². The second kappa shape index (κ2) is 8.12. The molecule has 2 aromatic rings. The molecular weight excluding hydrogens is 400 g/mol. The van der Waals surface area contributed by atoms with Crippen molar-refractivity contribution in [2.24, 2.45) is 0 Å². The Balaban J connectivity index is 1.45. The molecule has 0 spiro atoms. The Bertz CT molecular complexity index is 842. The van der Waals surface area contributed by atoms with Crippen LogP contribution in [0, 0.1) is 0 Å². The van der Waals surface area contributed by atoms with Crippen molar-refractivity contribution in [1.82, 2.24) is 14.9 Å². The standard InChI is InChI=1S/C14H18N4O3S4/c1-25(20,21)15-7-6-10-4-5-12(23-10)11(19)8-22-14-18-17-13(24-14)16-9-2-3-9/h4-5,9,15H,2-3,6-8H2,1H3,(H,16,17). The molecule has 1 aliphatic rings. The molecule has 7 nitrogen and oxygen atoms in total. The maximum absolute atomic E-state index is 12.3. The zero-order valence-corrected chi connectivity index (χ0v) is 16.8. The van der Waals surface area contributed by atoms with Gasteiger partial charge in [0, 0.05) is 17.5 Å². The minimum absolute atomic E-state index is 0.0456. The number of nitrogens with one attached hydrogen (secondary N) is 2. The van der Waals surface area contributed by atoms with Crippen LogP contribution in [-0.4, -0.2) is 49.0 Å². The Morgan fingerprint density at radius 2 is 2.12 bits per heavy atom. The topological polar surface area (TPSA) is 101 Å². The fourth-order valence-corrected chi connectivity index (χ4v) is 5.17. The Morgan fingerprint density at radius 1 is 1.32 bits per heavy atom. The van der Waals surface area contributed by atoms with Gasteiger partial charge in [-0.25, -0.2) is 13.1 Å². The van der Waals surface area contributed by atoms with Gasteiger partial charge in [0.25, 0.3) is 0 Å². The first-order valence-corrected chi connectivity index (χ1v) is 12.2. The predicted molar refractivity (Wildman–Crippen MR) is 102 cm³/mol. The number of nitrogens with zero attached hydrogens (tertiary/aromatic N) is 2. The molecular formula is C14H18N4O3S4. The maximum atomic E-state index is 12.3. The van der Waals surface area contributed by atoms with E-state index < -0.39 is 10.0 Å². The summed E-state index contributed by atoms with van der Waals surface area (Å²) in [5, 5.41) is 12.3. The summed E-state index contributed by atoms with van der Waals surface area (Å²) in [6, 6.07) is 4.20. The highest BCUT2D eigenvalue weighted by molar-refractivity contribution is 8.01. The summed E-state index contributed by atoms with van der Waals surface area (Å²) in [4.78, 5) is 13.9. The molecule has 1 fully saturated rings. The molecule has 136 valence electrons. The van der Waals surface area contributed by atoms with Crippen LogP contribution in [-0.2, 0) is 16.4 Å². The van der Waals surface area contributed by atoms with E-state index in [9.17, 15) is 13.2 Å². The van der Waals surface area contributed by atoms with E-state index in [-0.39, 0.29) is 5.78 Å². The van der Waals surface area contributed by atoms with Crippen LogP contribution < -0.4 is 10.0 Å². The molecule has 0 radical (unpaired) electrons. The summed E-state index contributed by atoms with van der Waals surface area (Å²) < 4.78 is 25.3. The highest BCUT2D eigenvalue weighted by atomic mass is 32.2. The molecule has 1 saturated carbocycles. The van der Waals surface area contributed by atoms with Gasteiger partial charge in [0.15, 0.2) is 10.1 Å². The van der Waals surface area contributed by atoms with E-state index in [1.54, 1.807) is 6.07 Å². The quantitative estimate of drug-likeness (QED) is 0.451. The number of ketones is 1. The van der Waals surface area contributed by atoms with Crippen LogP contribution in [0.3, 0.4) is 0 Å². The number of anilines is 1. The number of Topliss-reactive ketones (excluding diaryl/α,β-unsaturated/α-hetero) is 1. The minimum atomic E-state index is -3.18. The second-order valence-electron chi connectivity index (χ2n) is 5.69. The average Bonchev–Trinajstić information content (AvgIpc) is 3.04. The van der Waals surface area contributed by atoms with Crippen molar-refractivity contribution in [3.8, 4) is 0 Å². The molecule has 11 heteroatoms. The molecule has 0 aromatic carbocycles. The third kappa shape index (κ3) is 6.33. The number of thioether (sulfide) groups is 1. The number of carbonyl (C=O) groups is 1. The Hall–Kier alpha value is -1.01. The van der Waals surface area contributed by atoms with Crippen molar-refractivity contribution in [1.29, 1.82) is 0 Å². The number of hydrogen-bond acceptors (Lipinski definition) is 9. The van der Waals surface area contributed by atoms with Crippen molar-refractivity contribution in [3.05, 3.63) is 21.9 Å². The van der Waals surface area contributed by atoms with Gasteiger partial charge >= 0.3 is 0 Å². The molecule has 0 bridgehead atoms. The van der Waals surface area contributed by atoms with E-state index in [1.165, 1.54) is 47.3 Å². The largest absolute Gasteiger partial charge is 0.357 e. The lowest BCUT2D eigenvalue weighted by atomic mass is 10.3. The van der Waals surface area contributed by atoms with Crippen LogP contribution in [0.15, 0.2) is 16.5 Å². The van der Waals surface area contributed by atoms with Crippen molar-refractivity contribution in [2.45, 2.75) is 29.6 Å². The van der Waals surface area contributed by atoms with Crippen LogP contribution >= 0.6 is 34.4 Å². The maximum Gasteiger partial charge on any atom is 0.208 e. The van der Waals surface area contributed by atoms with Gasteiger partial charge in [-0.2, -0.15) is 0 Å². The summed E-state index contributed by atoms with van der Waals surface area (Å²) in [5.41, 5.74) is 0. The summed E-state index contributed by atoms with van der Waals surface area (Å²) in [5.74, 6) is 0.365. The molecule has 0 aliphatic heterocycles. The molecule has 0 saturated heterocycles. The SMILES string of the molecule is CS(=O)(=O)NCCc1ccc(C(=O)CSc2nnc(NC3CC3)s2)s1. The molecule has 2 heterocycles. The summed E-state index contributed by atoms with van der Waals surface area (Å²) in [7, 11) is -3.18. The summed E-state index contributed by atoms with van der Waals surface area (Å²) in [6.45, 7) is 0.337. The molecule has 0 atom stereocenters. The highest BCUT2D eigenvalue weighted by Gasteiger charge is 2.22. The third-order valence-electron chi connectivity index (χ3n) is 3.31. The summed E-state index contributed by atoms with van der Waals surface area (Å²) >= 11 is 4.27. The number of carbonyl (C=O) groups excluding carboxylic acids is 1. The van der Waals surface area contributed by atoms with Gasteiger partial charge < -0.3 is 5.32 Å². The number of aromatic nitrogens is 2. The average molecular weight is 419 g/mol. The molecule has 25 heavy (non-hydrogen) atoms. The number of thiophene rings is 1. The van der Waals surface area contributed by atoms with Crippen LogP contribution in [0.25, 0.3) is 0 Å². The van der Waals surface area contributed by atoms with Gasteiger partial charge in [-0.3, -0.25) is 4.79 Å². The van der Waals surface area contributed by atoms with Gasteiger partial charge in [0.05, 0.1) is 16.9 Å². The Labute approximate surface area is 158 Å². The minimum Gasteiger partial charge on any atom is -0.357 e. The lowest BCUT2D eigenvalue weighted by Gasteiger charge is -1.99. The normalized spacial score (nSPS) is 14.6. The first-order valence-electron chi connectivity index (χ1n) is 7.68. The zero-order valence-electron chi connectivity index (χ0n) is 13.5. The van der Waals surface area contributed by atoms with Gasteiger partial charge in [0.1, 0.15) is 0 Å². The molecule has 2 N–H and O–H groups in total. The Kier molecular flexibility index (Phi) is 6.10. The number of hydrogen-bond donors (Lipinski definition) is 2. The van der Waals surface area contributed by atoms with Gasteiger partial charge in [-0.05, 0) is 31.4 Å². The number of sulfonamides is 1. The lowest BCUT2D eigenvalue weighted by Crippen LogP contribution is -2.23. The van der Waals surface area contributed by atoms with Crippen molar-refractivity contribution >= 4 is 55.4 Å². The first-order chi connectivity index (χ1) is 11.9. The predicted octanol–water partition coefficient (Wildman–Crippen LogP) is 2.24. The lowest BCUT2D eigenvalue weighted by molar-refractivity contribution is 0.102. The fourth-order valence-electron chi connectivity index (χ4n) is 1.95. The van der Waals surface area contributed by atoms with Crippen LogP contribution in [0.1, 0.15) is 27.4 Å². The van der Waals surface area contributed by atoms with E-state index in [0.717, 1.165) is 20.6 Å². The van der Waals surface area contributed by atoms with Crippen LogP contribution in [0.4, 0.5) is 5.13 Å². The van der Waals surface area contributed by atoms with E-state index in [1.807, 2.05) is 6.07 Å².